The van der Waals surface area contributed by atoms with E-state index in [1.165, 1.54) is 12.1 Å². The molecule has 1 aromatic heterocycles. The van der Waals surface area contributed by atoms with Gasteiger partial charge in [-0.25, -0.2) is 0 Å². The van der Waals surface area contributed by atoms with Gasteiger partial charge in [0.25, 0.3) is 0 Å². The summed E-state index contributed by atoms with van der Waals surface area (Å²) >= 11 is 0. The predicted octanol–water partition coefficient (Wildman–Crippen LogP) is 3.30. The molecule has 22 heavy (non-hydrogen) atoms. The number of nitrogens with zero attached hydrogens (tertiary/aromatic N) is 1. The van der Waals surface area contributed by atoms with Crippen molar-refractivity contribution in [3.05, 3.63) is 65.0 Å². The molecule has 0 aliphatic heterocycles. The summed E-state index contributed by atoms with van der Waals surface area (Å²) in [5.41, 5.74) is 10.3. The Morgan fingerprint density at radius 2 is 2.05 bits per heavy atom. The summed E-state index contributed by atoms with van der Waals surface area (Å²) in [6.45, 7) is 0.342. The number of fused-ring (bicyclic) bond motifs is 1. The van der Waals surface area contributed by atoms with Gasteiger partial charge in [-0.1, -0.05) is 12.1 Å². The maximum Gasteiger partial charge on any atom is 0.573 e. The Morgan fingerprint density at radius 3 is 2.68 bits per heavy atom. The molecule has 3 nitrogen and oxygen atoms in total. The van der Waals surface area contributed by atoms with E-state index in [1.54, 1.807) is 18.5 Å². The van der Waals surface area contributed by atoms with Gasteiger partial charge in [0.05, 0.1) is 0 Å². The Bertz CT molecular complexity index is 724. The summed E-state index contributed by atoms with van der Waals surface area (Å²) in [5.74, 6) is -0.213. The lowest BCUT2D eigenvalue weighted by Crippen LogP contribution is -2.17. The highest BCUT2D eigenvalue weighted by Gasteiger charge is 2.32. The third-order valence-corrected chi connectivity index (χ3v) is 3.53. The normalized spacial score (nSPS) is 14.2. The van der Waals surface area contributed by atoms with Gasteiger partial charge >= 0.3 is 6.36 Å². The molecule has 1 aliphatic rings. The van der Waals surface area contributed by atoms with Crippen molar-refractivity contribution >= 4 is 5.57 Å². The standard InChI is InChI=1S/C16H13F3N2O/c17-16(18,19)22-13-3-4-14-11(7-13)6-12(8-20)15(14)10-2-1-5-21-9-10/h1-5,7,9H,6,8,20H2. The lowest BCUT2D eigenvalue weighted by molar-refractivity contribution is -0.274. The van der Waals surface area contributed by atoms with Crippen molar-refractivity contribution in [2.75, 3.05) is 6.54 Å². The number of hydrogen-bond donors (Lipinski definition) is 1. The summed E-state index contributed by atoms with van der Waals surface area (Å²) in [5, 5.41) is 0. The molecule has 0 saturated heterocycles. The first-order valence-electron chi connectivity index (χ1n) is 6.69. The molecule has 3 rings (SSSR count). The molecule has 1 aromatic carbocycles. The van der Waals surface area contributed by atoms with Crippen LogP contribution in [0, 0.1) is 0 Å². The number of hydrogen-bond acceptors (Lipinski definition) is 3. The van der Waals surface area contributed by atoms with Crippen molar-refractivity contribution in [3.8, 4) is 5.75 Å². The molecule has 0 fully saturated rings. The predicted molar refractivity (Wildman–Crippen MR) is 76.1 cm³/mol. The fraction of sp³-hybridized carbons (Fsp3) is 0.188. The van der Waals surface area contributed by atoms with Crippen LogP contribution in [0.15, 0.2) is 48.3 Å². The average Bonchev–Trinajstić information content (AvgIpc) is 2.84. The van der Waals surface area contributed by atoms with Crippen LogP contribution in [-0.4, -0.2) is 17.9 Å². The minimum absolute atomic E-state index is 0.213. The number of ether oxygens (including phenoxy) is 1. The summed E-state index contributed by atoms with van der Waals surface area (Å²) in [7, 11) is 0. The first-order chi connectivity index (χ1) is 10.5. The van der Waals surface area contributed by atoms with Crippen molar-refractivity contribution in [1.29, 1.82) is 0 Å². The van der Waals surface area contributed by atoms with E-state index in [2.05, 4.69) is 9.72 Å². The molecular formula is C16H13F3N2O. The Labute approximate surface area is 125 Å². The molecule has 0 radical (unpaired) electrons. The van der Waals surface area contributed by atoms with Crippen LogP contribution < -0.4 is 10.5 Å². The summed E-state index contributed by atoms with van der Waals surface area (Å²) in [4.78, 5) is 4.09. The average molecular weight is 306 g/mol. The van der Waals surface area contributed by atoms with Crippen molar-refractivity contribution in [2.45, 2.75) is 12.8 Å². The molecule has 0 spiro atoms. The van der Waals surface area contributed by atoms with E-state index in [1.807, 2.05) is 12.1 Å². The molecule has 1 heterocycles. The zero-order chi connectivity index (χ0) is 15.7. The monoisotopic (exact) mass is 306 g/mol. The number of rotatable bonds is 3. The third-order valence-electron chi connectivity index (χ3n) is 3.53. The number of pyridine rings is 1. The van der Waals surface area contributed by atoms with E-state index in [-0.39, 0.29) is 5.75 Å². The molecular weight excluding hydrogens is 293 g/mol. The van der Waals surface area contributed by atoms with Gasteiger partial charge in [0.15, 0.2) is 0 Å². The number of aromatic nitrogens is 1. The van der Waals surface area contributed by atoms with Crippen LogP contribution in [0.1, 0.15) is 16.7 Å². The van der Waals surface area contributed by atoms with Crippen LogP contribution in [0.25, 0.3) is 5.57 Å². The molecule has 1 aliphatic carbocycles. The fourth-order valence-electron chi connectivity index (χ4n) is 2.71. The minimum Gasteiger partial charge on any atom is -0.406 e. The highest BCUT2D eigenvalue weighted by Crippen LogP contribution is 2.39. The van der Waals surface area contributed by atoms with Crippen molar-refractivity contribution in [3.63, 3.8) is 0 Å². The zero-order valence-electron chi connectivity index (χ0n) is 11.5. The second kappa shape index (κ2) is 5.46. The molecule has 114 valence electrons. The molecule has 0 saturated carbocycles. The van der Waals surface area contributed by atoms with E-state index in [0.29, 0.717) is 13.0 Å². The summed E-state index contributed by atoms with van der Waals surface area (Å²) in [6.07, 6.45) is -0.781. The Hall–Kier alpha value is -2.34. The van der Waals surface area contributed by atoms with Gasteiger partial charge in [-0.3, -0.25) is 4.98 Å². The molecule has 2 aromatic rings. The Morgan fingerprint density at radius 1 is 1.23 bits per heavy atom. The smallest absolute Gasteiger partial charge is 0.406 e. The molecule has 2 N–H and O–H groups in total. The second-order valence-corrected chi connectivity index (χ2v) is 4.97. The first-order valence-corrected chi connectivity index (χ1v) is 6.69. The largest absolute Gasteiger partial charge is 0.573 e. The number of alkyl halides is 3. The van der Waals surface area contributed by atoms with Gasteiger partial charge in [-0.05, 0) is 46.9 Å². The zero-order valence-corrected chi connectivity index (χ0v) is 11.5. The van der Waals surface area contributed by atoms with E-state index in [0.717, 1.165) is 27.8 Å². The molecule has 0 atom stereocenters. The van der Waals surface area contributed by atoms with Crippen LogP contribution in [0.3, 0.4) is 0 Å². The quantitative estimate of drug-likeness (QED) is 0.946. The summed E-state index contributed by atoms with van der Waals surface area (Å²) in [6, 6.07) is 8.11. The fourth-order valence-corrected chi connectivity index (χ4v) is 2.71. The molecule has 6 heteroatoms. The maximum absolute atomic E-state index is 12.3. The first kappa shape index (κ1) is 14.6. The van der Waals surface area contributed by atoms with E-state index in [9.17, 15) is 13.2 Å². The van der Waals surface area contributed by atoms with E-state index >= 15 is 0 Å². The van der Waals surface area contributed by atoms with Crippen LogP contribution in [0.4, 0.5) is 13.2 Å². The van der Waals surface area contributed by atoms with E-state index in [4.69, 9.17) is 5.73 Å². The maximum atomic E-state index is 12.3. The van der Waals surface area contributed by atoms with Gasteiger partial charge in [0, 0.05) is 24.5 Å². The van der Waals surface area contributed by atoms with Crippen molar-refractivity contribution in [2.24, 2.45) is 5.73 Å². The molecule has 0 bridgehead atoms. The highest BCUT2D eigenvalue weighted by atomic mass is 19.4. The van der Waals surface area contributed by atoms with Crippen molar-refractivity contribution in [1.82, 2.24) is 4.98 Å². The van der Waals surface area contributed by atoms with E-state index < -0.39 is 6.36 Å². The Balaban J connectivity index is 2.01. The summed E-state index contributed by atoms with van der Waals surface area (Å²) < 4.78 is 40.9. The number of nitrogens with two attached hydrogens (primary N) is 1. The second-order valence-electron chi connectivity index (χ2n) is 4.97. The van der Waals surface area contributed by atoms with Gasteiger partial charge in [0.1, 0.15) is 5.75 Å². The van der Waals surface area contributed by atoms with Crippen LogP contribution >= 0.6 is 0 Å². The SMILES string of the molecule is NCC1=C(c2cccnc2)c2ccc(OC(F)(F)F)cc2C1. The third kappa shape index (κ3) is 2.82. The molecule has 0 amide bonds. The number of benzene rings is 1. The van der Waals surface area contributed by atoms with Gasteiger partial charge in [-0.2, -0.15) is 0 Å². The van der Waals surface area contributed by atoms with Gasteiger partial charge in [0.2, 0.25) is 0 Å². The molecule has 0 unspecified atom stereocenters. The Kier molecular flexibility index (Phi) is 3.62. The topological polar surface area (TPSA) is 48.1 Å². The lowest BCUT2D eigenvalue weighted by Gasteiger charge is -2.11. The van der Waals surface area contributed by atoms with Gasteiger partial charge < -0.3 is 10.5 Å². The van der Waals surface area contributed by atoms with Crippen molar-refractivity contribution < 1.29 is 17.9 Å². The van der Waals surface area contributed by atoms with Crippen LogP contribution in [0.5, 0.6) is 5.75 Å². The van der Waals surface area contributed by atoms with Crippen LogP contribution in [0.2, 0.25) is 0 Å². The highest BCUT2D eigenvalue weighted by molar-refractivity contribution is 5.87. The van der Waals surface area contributed by atoms with Crippen LogP contribution in [-0.2, 0) is 6.42 Å². The number of halogens is 3. The minimum atomic E-state index is -4.69. The lowest BCUT2D eigenvalue weighted by atomic mass is 9.99. The van der Waals surface area contributed by atoms with Gasteiger partial charge in [-0.15, -0.1) is 13.2 Å².